The van der Waals surface area contributed by atoms with Crippen LogP contribution >= 0.6 is 11.6 Å². The Morgan fingerprint density at radius 3 is 2.80 bits per heavy atom. The van der Waals surface area contributed by atoms with Gasteiger partial charge in [0.05, 0.1) is 0 Å². The minimum atomic E-state index is -0.281. The van der Waals surface area contributed by atoms with Crippen LogP contribution in [0.1, 0.15) is 11.4 Å². The second-order valence-corrected chi connectivity index (χ2v) is 3.56. The second-order valence-electron chi connectivity index (χ2n) is 3.30. The highest BCUT2D eigenvalue weighted by Crippen LogP contribution is 2.16. The molecule has 0 spiro atoms. The number of nitrogens with zero attached hydrogens (tertiary/aromatic N) is 2. The number of hydrogen-bond acceptors (Lipinski definition) is 1. The van der Waals surface area contributed by atoms with E-state index in [2.05, 4.69) is 4.98 Å². The standard InChI is InChI=1S/C11H10ClFN2/c1-8-14-2-3-15(8)11-5-9(7-12)4-10(13)6-11/h2-6H,7H2,1H3. The molecule has 0 fully saturated rings. The molecule has 0 unspecified atom stereocenters. The number of hydrogen-bond donors (Lipinski definition) is 0. The highest BCUT2D eigenvalue weighted by molar-refractivity contribution is 6.17. The van der Waals surface area contributed by atoms with E-state index in [1.165, 1.54) is 12.1 Å². The van der Waals surface area contributed by atoms with Crippen molar-refractivity contribution in [3.63, 3.8) is 0 Å². The first kappa shape index (κ1) is 10.2. The molecule has 2 aromatic rings. The molecule has 78 valence electrons. The van der Waals surface area contributed by atoms with Crippen LogP contribution in [0.4, 0.5) is 4.39 Å². The average molecular weight is 225 g/mol. The quantitative estimate of drug-likeness (QED) is 0.717. The molecule has 0 N–H and O–H groups in total. The van der Waals surface area contributed by atoms with Crippen LogP contribution in [0.25, 0.3) is 5.69 Å². The maximum absolute atomic E-state index is 13.2. The SMILES string of the molecule is Cc1nccn1-c1cc(F)cc(CCl)c1. The summed E-state index contributed by atoms with van der Waals surface area (Å²) in [5, 5.41) is 0. The Balaban J connectivity index is 2.53. The lowest BCUT2D eigenvalue weighted by molar-refractivity contribution is 0.625. The first-order chi connectivity index (χ1) is 7.20. The van der Waals surface area contributed by atoms with Crippen molar-refractivity contribution in [3.8, 4) is 5.69 Å². The molecule has 0 bridgehead atoms. The molecule has 2 rings (SSSR count). The number of rotatable bonds is 2. The van der Waals surface area contributed by atoms with Gasteiger partial charge in [-0.15, -0.1) is 11.6 Å². The van der Waals surface area contributed by atoms with Gasteiger partial charge in [-0.05, 0) is 30.7 Å². The third-order valence-corrected chi connectivity index (χ3v) is 2.51. The summed E-state index contributed by atoms with van der Waals surface area (Å²) in [7, 11) is 0. The van der Waals surface area contributed by atoms with Gasteiger partial charge in [-0.2, -0.15) is 0 Å². The topological polar surface area (TPSA) is 17.8 Å². The van der Waals surface area contributed by atoms with Crippen molar-refractivity contribution in [2.45, 2.75) is 12.8 Å². The van der Waals surface area contributed by atoms with Crippen LogP contribution in [0, 0.1) is 12.7 Å². The summed E-state index contributed by atoms with van der Waals surface area (Å²) >= 11 is 5.68. The van der Waals surface area contributed by atoms with Crippen LogP contribution in [0.3, 0.4) is 0 Å². The monoisotopic (exact) mass is 224 g/mol. The van der Waals surface area contributed by atoms with Crippen molar-refractivity contribution < 1.29 is 4.39 Å². The molecule has 4 heteroatoms. The van der Waals surface area contributed by atoms with E-state index in [0.29, 0.717) is 5.88 Å². The van der Waals surface area contributed by atoms with Gasteiger partial charge in [-0.1, -0.05) is 0 Å². The normalized spacial score (nSPS) is 10.6. The zero-order valence-electron chi connectivity index (χ0n) is 8.24. The summed E-state index contributed by atoms with van der Waals surface area (Å²) < 4.78 is 15.1. The Kier molecular flexibility index (Phi) is 2.73. The maximum atomic E-state index is 13.2. The smallest absolute Gasteiger partial charge is 0.125 e. The van der Waals surface area contributed by atoms with E-state index in [4.69, 9.17) is 11.6 Å². The minimum Gasteiger partial charge on any atom is -0.304 e. The Morgan fingerprint density at radius 2 is 2.20 bits per heavy atom. The maximum Gasteiger partial charge on any atom is 0.125 e. The van der Waals surface area contributed by atoms with E-state index >= 15 is 0 Å². The number of benzene rings is 1. The fraction of sp³-hybridized carbons (Fsp3) is 0.182. The lowest BCUT2D eigenvalue weighted by Gasteiger charge is -2.06. The zero-order valence-corrected chi connectivity index (χ0v) is 9.00. The molecule has 0 aliphatic carbocycles. The summed E-state index contributed by atoms with van der Waals surface area (Å²) in [5.74, 6) is 0.843. The third-order valence-electron chi connectivity index (χ3n) is 2.20. The molecular weight excluding hydrogens is 215 g/mol. The molecule has 0 aliphatic rings. The van der Waals surface area contributed by atoms with Gasteiger partial charge >= 0.3 is 0 Å². The van der Waals surface area contributed by atoms with Gasteiger partial charge in [0.1, 0.15) is 11.6 Å². The van der Waals surface area contributed by atoms with E-state index in [9.17, 15) is 4.39 Å². The van der Waals surface area contributed by atoms with Crippen LogP contribution in [0.2, 0.25) is 0 Å². The van der Waals surface area contributed by atoms with Gasteiger partial charge in [-0.25, -0.2) is 9.37 Å². The van der Waals surface area contributed by atoms with Crippen molar-refractivity contribution in [2.24, 2.45) is 0 Å². The second kappa shape index (κ2) is 4.03. The first-order valence-corrected chi connectivity index (χ1v) is 5.10. The van der Waals surface area contributed by atoms with Crippen molar-refractivity contribution >= 4 is 11.6 Å². The van der Waals surface area contributed by atoms with E-state index < -0.39 is 0 Å². The summed E-state index contributed by atoms with van der Waals surface area (Å²) in [6.45, 7) is 1.87. The number of alkyl halides is 1. The molecule has 1 aromatic carbocycles. The molecule has 15 heavy (non-hydrogen) atoms. The average Bonchev–Trinajstić information content (AvgIpc) is 2.63. The minimum absolute atomic E-state index is 0.281. The summed E-state index contributed by atoms with van der Waals surface area (Å²) in [4.78, 5) is 4.09. The van der Waals surface area contributed by atoms with Crippen LogP contribution < -0.4 is 0 Å². The number of imidazole rings is 1. The molecule has 2 nitrogen and oxygen atoms in total. The lowest BCUT2D eigenvalue weighted by atomic mass is 10.2. The van der Waals surface area contributed by atoms with Gasteiger partial charge in [0, 0.05) is 24.0 Å². The number of aryl methyl sites for hydroxylation is 1. The summed E-state index contributed by atoms with van der Waals surface area (Å²) in [6.07, 6.45) is 3.47. The fourth-order valence-corrected chi connectivity index (χ4v) is 1.65. The zero-order chi connectivity index (χ0) is 10.8. The van der Waals surface area contributed by atoms with Crippen LogP contribution in [-0.2, 0) is 5.88 Å². The van der Waals surface area contributed by atoms with E-state index in [1.807, 2.05) is 17.6 Å². The Bertz CT molecular complexity index is 479. The van der Waals surface area contributed by atoms with Crippen LogP contribution in [-0.4, -0.2) is 9.55 Å². The van der Waals surface area contributed by atoms with Gasteiger partial charge in [0.25, 0.3) is 0 Å². The predicted molar refractivity (Wildman–Crippen MR) is 57.8 cm³/mol. The van der Waals surface area contributed by atoms with Gasteiger partial charge in [-0.3, -0.25) is 0 Å². The van der Waals surface area contributed by atoms with Crippen molar-refractivity contribution in [1.29, 1.82) is 0 Å². The largest absolute Gasteiger partial charge is 0.304 e. The predicted octanol–water partition coefficient (Wildman–Crippen LogP) is 3.06. The Hall–Kier alpha value is -1.35. The van der Waals surface area contributed by atoms with Crippen molar-refractivity contribution in [2.75, 3.05) is 0 Å². The van der Waals surface area contributed by atoms with Crippen LogP contribution in [0.5, 0.6) is 0 Å². The number of aromatic nitrogens is 2. The highest BCUT2D eigenvalue weighted by atomic mass is 35.5. The summed E-state index contributed by atoms with van der Waals surface area (Å²) in [6, 6.07) is 4.75. The number of halogens is 2. The first-order valence-electron chi connectivity index (χ1n) is 4.56. The molecule has 0 saturated heterocycles. The Morgan fingerprint density at radius 1 is 1.40 bits per heavy atom. The van der Waals surface area contributed by atoms with Gasteiger partial charge < -0.3 is 4.57 Å². The van der Waals surface area contributed by atoms with E-state index in [-0.39, 0.29) is 5.82 Å². The highest BCUT2D eigenvalue weighted by Gasteiger charge is 2.04. The van der Waals surface area contributed by atoms with Crippen molar-refractivity contribution in [1.82, 2.24) is 9.55 Å². The molecule has 0 radical (unpaired) electrons. The molecule has 0 amide bonds. The molecule has 1 heterocycles. The van der Waals surface area contributed by atoms with E-state index in [1.54, 1.807) is 12.4 Å². The summed E-state index contributed by atoms with van der Waals surface area (Å²) in [5.41, 5.74) is 1.51. The molecular formula is C11H10ClFN2. The van der Waals surface area contributed by atoms with Crippen LogP contribution in [0.15, 0.2) is 30.6 Å². The molecule has 0 saturated carbocycles. The molecule has 1 aromatic heterocycles. The third kappa shape index (κ3) is 2.02. The molecule has 0 atom stereocenters. The lowest BCUT2D eigenvalue weighted by Crippen LogP contribution is -1.97. The molecule has 0 aliphatic heterocycles. The van der Waals surface area contributed by atoms with Gasteiger partial charge in [0.15, 0.2) is 0 Å². The van der Waals surface area contributed by atoms with Gasteiger partial charge in [0.2, 0.25) is 0 Å². The van der Waals surface area contributed by atoms with E-state index in [0.717, 1.165) is 17.1 Å². The Labute approximate surface area is 92.3 Å². The fourth-order valence-electron chi connectivity index (χ4n) is 1.50. The van der Waals surface area contributed by atoms with Crippen molar-refractivity contribution in [3.05, 3.63) is 47.8 Å².